The minimum atomic E-state index is 0.575. The van der Waals surface area contributed by atoms with E-state index >= 15 is 0 Å². The first-order chi connectivity index (χ1) is 13.8. The van der Waals surface area contributed by atoms with Gasteiger partial charge in [-0.3, -0.25) is 0 Å². The molecule has 0 heterocycles. The highest BCUT2D eigenvalue weighted by Gasteiger charge is 2.14. The van der Waals surface area contributed by atoms with Crippen LogP contribution < -0.4 is 10.1 Å². The molecular weight excluding hydrogens is 366 g/mol. The lowest BCUT2D eigenvalue weighted by Crippen LogP contribution is -2.15. The zero-order chi connectivity index (χ0) is 19.6. The quantitative estimate of drug-likeness (QED) is 0.279. The average molecular weight is 392 g/mol. The molecule has 0 saturated carbocycles. The first-order valence-corrected chi connectivity index (χ1v) is 10.1. The molecule has 3 aromatic rings. The van der Waals surface area contributed by atoms with E-state index in [4.69, 9.17) is 16.3 Å². The standard InChI is InChI=1S/C25H26ClNO/c1-27-18-19-28-23-14-12-22(13-15-23)25(21-10-6-3-7-11-21)24(16-17-26)20-8-4-2-5-9-20/h2-15,27H,16-19H2,1H3/b25-24-. The van der Waals surface area contributed by atoms with Crippen LogP contribution in [0.5, 0.6) is 5.75 Å². The Bertz CT molecular complexity index is 873. The second-order valence-corrected chi connectivity index (χ2v) is 6.88. The lowest BCUT2D eigenvalue weighted by atomic mass is 9.88. The molecule has 0 aliphatic carbocycles. The molecular formula is C25H26ClNO. The molecule has 0 unspecified atom stereocenters. The van der Waals surface area contributed by atoms with E-state index in [9.17, 15) is 0 Å². The Morgan fingerprint density at radius 2 is 1.36 bits per heavy atom. The lowest BCUT2D eigenvalue weighted by molar-refractivity contribution is 0.318. The third kappa shape index (κ3) is 5.25. The summed E-state index contributed by atoms with van der Waals surface area (Å²) < 4.78 is 5.78. The third-order valence-corrected chi connectivity index (χ3v) is 4.78. The average Bonchev–Trinajstić information content (AvgIpc) is 2.76. The summed E-state index contributed by atoms with van der Waals surface area (Å²) in [6.07, 6.45) is 0.802. The molecule has 3 aromatic carbocycles. The number of alkyl halides is 1. The third-order valence-electron chi connectivity index (χ3n) is 4.59. The van der Waals surface area contributed by atoms with Crippen molar-refractivity contribution in [1.82, 2.24) is 5.32 Å². The van der Waals surface area contributed by atoms with Gasteiger partial charge in [-0.1, -0.05) is 72.8 Å². The summed E-state index contributed by atoms with van der Waals surface area (Å²) in [5, 5.41) is 3.09. The smallest absolute Gasteiger partial charge is 0.119 e. The van der Waals surface area contributed by atoms with E-state index in [1.54, 1.807) is 0 Å². The van der Waals surface area contributed by atoms with Crippen molar-refractivity contribution in [2.45, 2.75) is 6.42 Å². The molecule has 28 heavy (non-hydrogen) atoms. The normalized spacial score (nSPS) is 11.8. The maximum Gasteiger partial charge on any atom is 0.119 e. The van der Waals surface area contributed by atoms with E-state index in [0.29, 0.717) is 12.5 Å². The van der Waals surface area contributed by atoms with Crippen molar-refractivity contribution >= 4 is 22.7 Å². The van der Waals surface area contributed by atoms with Crippen molar-refractivity contribution in [3.63, 3.8) is 0 Å². The lowest BCUT2D eigenvalue weighted by Gasteiger charge is -2.17. The van der Waals surface area contributed by atoms with Crippen LogP contribution in [0.25, 0.3) is 11.1 Å². The molecule has 0 bridgehead atoms. The van der Waals surface area contributed by atoms with Crippen LogP contribution in [0, 0.1) is 0 Å². The predicted octanol–water partition coefficient (Wildman–Crippen LogP) is 5.87. The fraction of sp³-hybridized carbons (Fsp3) is 0.200. The molecule has 0 atom stereocenters. The Hall–Kier alpha value is -2.55. The molecule has 0 aliphatic heterocycles. The Morgan fingerprint density at radius 3 is 1.93 bits per heavy atom. The summed E-state index contributed by atoms with van der Waals surface area (Å²) in [4.78, 5) is 0. The van der Waals surface area contributed by atoms with Gasteiger partial charge in [0.25, 0.3) is 0 Å². The minimum Gasteiger partial charge on any atom is -0.492 e. The van der Waals surface area contributed by atoms with Gasteiger partial charge >= 0.3 is 0 Å². The van der Waals surface area contributed by atoms with Crippen LogP contribution in [0.15, 0.2) is 84.9 Å². The van der Waals surface area contributed by atoms with Crippen molar-refractivity contribution < 1.29 is 4.74 Å². The summed E-state index contributed by atoms with van der Waals surface area (Å²) in [5.74, 6) is 1.45. The van der Waals surface area contributed by atoms with Gasteiger partial charge in [0.1, 0.15) is 12.4 Å². The summed E-state index contributed by atoms with van der Waals surface area (Å²) in [5.41, 5.74) is 6.03. The van der Waals surface area contributed by atoms with Crippen LogP contribution in [-0.2, 0) is 0 Å². The van der Waals surface area contributed by atoms with Crippen molar-refractivity contribution in [1.29, 1.82) is 0 Å². The molecule has 3 heteroatoms. The molecule has 0 saturated heterocycles. The van der Waals surface area contributed by atoms with E-state index in [1.165, 1.54) is 22.3 Å². The molecule has 0 aliphatic rings. The van der Waals surface area contributed by atoms with Gasteiger partial charge in [-0.25, -0.2) is 0 Å². The van der Waals surface area contributed by atoms with Crippen molar-refractivity contribution in [3.8, 4) is 5.75 Å². The zero-order valence-electron chi connectivity index (χ0n) is 16.2. The fourth-order valence-electron chi connectivity index (χ4n) is 3.26. The molecule has 1 N–H and O–H groups in total. The number of nitrogens with one attached hydrogen (secondary N) is 1. The molecule has 0 amide bonds. The second-order valence-electron chi connectivity index (χ2n) is 6.50. The van der Waals surface area contributed by atoms with Gasteiger partial charge in [-0.2, -0.15) is 0 Å². The Morgan fingerprint density at radius 1 is 0.786 bits per heavy atom. The molecule has 0 spiro atoms. The van der Waals surface area contributed by atoms with Crippen LogP contribution in [0.2, 0.25) is 0 Å². The molecule has 144 valence electrons. The molecule has 2 nitrogen and oxygen atoms in total. The van der Waals surface area contributed by atoms with Gasteiger partial charge in [-0.05, 0) is 53.4 Å². The second kappa shape index (κ2) is 10.7. The van der Waals surface area contributed by atoms with E-state index in [-0.39, 0.29) is 0 Å². The number of rotatable bonds is 9. The highest BCUT2D eigenvalue weighted by atomic mass is 35.5. The first kappa shape index (κ1) is 20.2. The Labute approximate surface area is 172 Å². The highest BCUT2D eigenvalue weighted by molar-refractivity contribution is 6.18. The van der Waals surface area contributed by atoms with Crippen LogP contribution in [0.1, 0.15) is 23.1 Å². The van der Waals surface area contributed by atoms with E-state index < -0.39 is 0 Å². The number of ether oxygens (including phenoxy) is 1. The largest absolute Gasteiger partial charge is 0.492 e. The van der Waals surface area contributed by atoms with Gasteiger partial charge in [0.15, 0.2) is 0 Å². The van der Waals surface area contributed by atoms with Crippen molar-refractivity contribution in [2.75, 3.05) is 26.1 Å². The number of hydrogen-bond acceptors (Lipinski definition) is 2. The Balaban J connectivity index is 2.07. The van der Waals surface area contributed by atoms with Gasteiger partial charge < -0.3 is 10.1 Å². The van der Waals surface area contributed by atoms with Crippen LogP contribution in [-0.4, -0.2) is 26.1 Å². The summed E-state index contributed by atoms with van der Waals surface area (Å²) in [6.45, 7) is 1.48. The fourth-order valence-corrected chi connectivity index (χ4v) is 3.45. The van der Waals surface area contributed by atoms with E-state index in [2.05, 4.69) is 66.0 Å². The SMILES string of the molecule is CNCCOc1ccc(/C(=C(/CCCl)c2ccccc2)c2ccccc2)cc1. The molecule has 0 radical (unpaired) electrons. The Kier molecular flexibility index (Phi) is 7.71. The maximum absolute atomic E-state index is 6.20. The monoisotopic (exact) mass is 391 g/mol. The zero-order valence-corrected chi connectivity index (χ0v) is 17.0. The van der Waals surface area contributed by atoms with Crippen LogP contribution in [0.3, 0.4) is 0 Å². The summed E-state index contributed by atoms with van der Waals surface area (Å²) in [7, 11) is 1.92. The number of allylic oxidation sites excluding steroid dienone is 1. The van der Waals surface area contributed by atoms with Gasteiger partial charge in [0.2, 0.25) is 0 Å². The maximum atomic E-state index is 6.20. The van der Waals surface area contributed by atoms with Crippen molar-refractivity contribution in [3.05, 3.63) is 102 Å². The summed E-state index contributed by atoms with van der Waals surface area (Å²) in [6, 6.07) is 29.4. The molecule has 0 fully saturated rings. The molecule has 3 rings (SSSR count). The number of benzene rings is 3. The summed E-state index contributed by atoms with van der Waals surface area (Å²) >= 11 is 6.20. The first-order valence-electron chi connectivity index (χ1n) is 9.61. The van der Waals surface area contributed by atoms with Gasteiger partial charge in [0.05, 0.1) is 0 Å². The van der Waals surface area contributed by atoms with E-state index in [1.807, 2.05) is 31.3 Å². The van der Waals surface area contributed by atoms with Gasteiger partial charge in [0, 0.05) is 12.4 Å². The number of likely N-dealkylation sites (N-methyl/N-ethyl adjacent to an activating group) is 1. The minimum absolute atomic E-state index is 0.575. The highest BCUT2D eigenvalue weighted by Crippen LogP contribution is 2.35. The van der Waals surface area contributed by atoms with E-state index in [0.717, 1.165) is 24.3 Å². The van der Waals surface area contributed by atoms with Gasteiger partial charge in [-0.15, -0.1) is 11.6 Å². The number of hydrogen-bond donors (Lipinski definition) is 1. The number of halogens is 1. The molecule has 0 aromatic heterocycles. The van der Waals surface area contributed by atoms with Crippen LogP contribution >= 0.6 is 11.6 Å². The van der Waals surface area contributed by atoms with Crippen LogP contribution in [0.4, 0.5) is 0 Å². The van der Waals surface area contributed by atoms with Crippen molar-refractivity contribution in [2.24, 2.45) is 0 Å². The topological polar surface area (TPSA) is 21.3 Å². The predicted molar refractivity (Wildman–Crippen MR) is 120 cm³/mol.